The van der Waals surface area contributed by atoms with Crippen LogP contribution in [0.15, 0.2) is 53.4 Å². The van der Waals surface area contributed by atoms with Gasteiger partial charge in [0.15, 0.2) is 0 Å². The van der Waals surface area contributed by atoms with Gasteiger partial charge in [0.05, 0.1) is 4.90 Å². The van der Waals surface area contributed by atoms with Crippen LogP contribution in [-0.2, 0) is 10.0 Å². The number of nitrogens with zero attached hydrogens (tertiary/aromatic N) is 2. The Labute approximate surface area is 159 Å². The van der Waals surface area contributed by atoms with Gasteiger partial charge in [-0.3, -0.25) is 0 Å². The van der Waals surface area contributed by atoms with Crippen molar-refractivity contribution >= 4 is 32.4 Å². The van der Waals surface area contributed by atoms with Gasteiger partial charge >= 0.3 is 0 Å². The second-order valence-corrected chi connectivity index (χ2v) is 7.82. The molecule has 27 heavy (non-hydrogen) atoms. The Morgan fingerprint density at radius 3 is 2.33 bits per heavy atom. The first-order valence-corrected chi connectivity index (χ1v) is 10.3. The van der Waals surface area contributed by atoms with Crippen molar-refractivity contribution in [3.05, 3.63) is 54.4 Å². The maximum Gasteiger partial charge on any atom is 0.240 e. The molecule has 0 fully saturated rings. The average molecular weight is 385 g/mol. The molecule has 0 radical (unpaired) electrons. The third kappa shape index (κ3) is 4.93. The van der Waals surface area contributed by atoms with E-state index in [0.29, 0.717) is 18.2 Å². The van der Waals surface area contributed by atoms with Gasteiger partial charge in [0.2, 0.25) is 10.0 Å². The molecule has 3 rings (SSSR count). The van der Waals surface area contributed by atoms with Crippen LogP contribution in [0.5, 0.6) is 0 Å². The maximum atomic E-state index is 12.5. The van der Waals surface area contributed by atoms with Gasteiger partial charge in [-0.05, 0) is 36.8 Å². The fraction of sp³-hybridized carbons (Fsp3) is 0.263. The topological polar surface area (TPSA) is 96.0 Å². The SMILES string of the molecule is CCNc1cc(NCCNS(=O)(=O)c2ccc3ccccc3c2)nc(C)n1. The van der Waals surface area contributed by atoms with Crippen molar-refractivity contribution < 1.29 is 8.42 Å². The van der Waals surface area contributed by atoms with Crippen LogP contribution in [0.4, 0.5) is 11.6 Å². The van der Waals surface area contributed by atoms with Crippen molar-refractivity contribution in [2.75, 3.05) is 30.3 Å². The molecule has 7 nitrogen and oxygen atoms in total. The number of rotatable bonds is 8. The van der Waals surface area contributed by atoms with Crippen LogP contribution in [0, 0.1) is 6.92 Å². The molecule has 0 bridgehead atoms. The summed E-state index contributed by atoms with van der Waals surface area (Å²) in [4.78, 5) is 8.84. The summed E-state index contributed by atoms with van der Waals surface area (Å²) in [6.07, 6.45) is 0. The van der Waals surface area contributed by atoms with Gasteiger partial charge in [-0.1, -0.05) is 30.3 Å². The lowest BCUT2D eigenvalue weighted by Crippen LogP contribution is -2.29. The Morgan fingerprint density at radius 2 is 1.59 bits per heavy atom. The summed E-state index contributed by atoms with van der Waals surface area (Å²) in [5.41, 5.74) is 0. The summed E-state index contributed by atoms with van der Waals surface area (Å²) >= 11 is 0. The van der Waals surface area contributed by atoms with E-state index in [9.17, 15) is 8.42 Å². The standard InChI is InChI=1S/C19H23N5O2S/c1-3-20-18-13-19(24-14(2)23-18)21-10-11-22-27(25,26)17-9-8-15-6-4-5-7-16(15)12-17/h4-9,12-13,22H,3,10-11H2,1-2H3,(H2,20,21,23,24). The Bertz CT molecular complexity index is 1040. The summed E-state index contributed by atoms with van der Waals surface area (Å²) in [6.45, 7) is 5.23. The van der Waals surface area contributed by atoms with E-state index in [1.807, 2.05) is 44.2 Å². The van der Waals surface area contributed by atoms with Gasteiger partial charge in [0.25, 0.3) is 0 Å². The quantitative estimate of drug-likeness (QED) is 0.516. The van der Waals surface area contributed by atoms with Gasteiger partial charge < -0.3 is 10.6 Å². The average Bonchev–Trinajstić information content (AvgIpc) is 2.65. The number of fused-ring (bicyclic) bond motifs is 1. The number of sulfonamides is 1. The van der Waals surface area contributed by atoms with E-state index in [4.69, 9.17) is 0 Å². The van der Waals surface area contributed by atoms with Crippen LogP contribution < -0.4 is 15.4 Å². The summed E-state index contributed by atoms with van der Waals surface area (Å²) in [5.74, 6) is 2.04. The number of aryl methyl sites for hydroxylation is 1. The Kier molecular flexibility index (Phi) is 5.88. The lowest BCUT2D eigenvalue weighted by molar-refractivity contribution is 0.583. The van der Waals surface area contributed by atoms with E-state index in [-0.39, 0.29) is 11.4 Å². The van der Waals surface area contributed by atoms with Crippen LogP contribution in [0.1, 0.15) is 12.7 Å². The molecule has 0 aliphatic carbocycles. The number of hydrogen-bond donors (Lipinski definition) is 3. The molecular formula is C19H23N5O2S. The number of nitrogens with one attached hydrogen (secondary N) is 3. The van der Waals surface area contributed by atoms with Crippen molar-refractivity contribution in [1.82, 2.24) is 14.7 Å². The fourth-order valence-electron chi connectivity index (χ4n) is 2.72. The minimum Gasteiger partial charge on any atom is -0.370 e. The van der Waals surface area contributed by atoms with E-state index >= 15 is 0 Å². The molecule has 2 aromatic carbocycles. The molecule has 1 aromatic heterocycles. The highest BCUT2D eigenvalue weighted by molar-refractivity contribution is 7.89. The van der Waals surface area contributed by atoms with Crippen LogP contribution in [0.25, 0.3) is 10.8 Å². The maximum absolute atomic E-state index is 12.5. The van der Waals surface area contributed by atoms with Crippen molar-refractivity contribution in [2.24, 2.45) is 0 Å². The van der Waals surface area contributed by atoms with Crippen molar-refractivity contribution in [2.45, 2.75) is 18.7 Å². The van der Waals surface area contributed by atoms with Crippen LogP contribution in [-0.4, -0.2) is 38.0 Å². The van der Waals surface area contributed by atoms with Gasteiger partial charge in [0, 0.05) is 25.7 Å². The third-order valence-corrected chi connectivity index (χ3v) is 5.41. The third-order valence-electron chi connectivity index (χ3n) is 3.95. The molecule has 3 N–H and O–H groups in total. The molecule has 0 atom stereocenters. The van der Waals surface area contributed by atoms with Crippen LogP contribution in [0.3, 0.4) is 0 Å². The summed E-state index contributed by atoms with van der Waals surface area (Å²) < 4.78 is 27.6. The minimum absolute atomic E-state index is 0.245. The fourth-order valence-corrected chi connectivity index (χ4v) is 3.79. The molecule has 3 aromatic rings. The highest BCUT2D eigenvalue weighted by Gasteiger charge is 2.13. The van der Waals surface area contributed by atoms with Crippen molar-refractivity contribution in [3.63, 3.8) is 0 Å². The largest absolute Gasteiger partial charge is 0.370 e. The molecule has 0 amide bonds. The molecular weight excluding hydrogens is 362 g/mol. The minimum atomic E-state index is -3.57. The Balaban J connectivity index is 1.60. The molecule has 0 aliphatic heterocycles. The van der Waals surface area contributed by atoms with Crippen LogP contribution in [0.2, 0.25) is 0 Å². The molecule has 0 saturated carbocycles. The number of benzene rings is 2. The highest BCUT2D eigenvalue weighted by Crippen LogP contribution is 2.18. The first-order valence-electron chi connectivity index (χ1n) is 8.80. The zero-order valence-corrected chi connectivity index (χ0v) is 16.2. The molecule has 8 heteroatoms. The number of aromatic nitrogens is 2. The monoisotopic (exact) mass is 385 g/mol. The van der Waals surface area contributed by atoms with Gasteiger partial charge in [-0.2, -0.15) is 0 Å². The van der Waals surface area contributed by atoms with Gasteiger partial charge in [-0.15, -0.1) is 0 Å². The Morgan fingerprint density at radius 1 is 0.889 bits per heavy atom. The summed E-state index contributed by atoms with van der Waals surface area (Å²) in [7, 11) is -3.57. The van der Waals surface area contributed by atoms with E-state index in [0.717, 1.165) is 23.1 Å². The van der Waals surface area contributed by atoms with Gasteiger partial charge in [-0.25, -0.2) is 23.1 Å². The second-order valence-electron chi connectivity index (χ2n) is 6.05. The predicted octanol–water partition coefficient (Wildman–Crippen LogP) is 2.76. The molecule has 0 spiro atoms. The number of anilines is 2. The first-order chi connectivity index (χ1) is 13.0. The predicted molar refractivity (Wildman–Crippen MR) is 109 cm³/mol. The zero-order chi connectivity index (χ0) is 19.3. The Hall–Kier alpha value is -2.71. The van der Waals surface area contributed by atoms with Crippen molar-refractivity contribution in [1.29, 1.82) is 0 Å². The lowest BCUT2D eigenvalue weighted by atomic mass is 10.1. The molecule has 142 valence electrons. The second kappa shape index (κ2) is 8.32. The van der Waals surface area contributed by atoms with E-state index in [1.165, 1.54) is 0 Å². The van der Waals surface area contributed by atoms with E-state index < -0.39 is 10.0 Å². The molecule has 0 aliphatic rings. The smallest absolute Gasteiger partial charge is 0.240 e. The lowest BCUT2D eigenvalue weighted by Gasteiger charge is -2.11. The normalized spacial score (nSPS) is 11.5. The van der Waals surface area contributed by atoms with Gasteiger partial charge in [0.1, 0.15) is 17.5 Å². The molecule has 0 saturated heterocycles. The van der Waals surface area contributed by atoms with Crippen LogP contribution >= 0.6 is 0 Å². The molecule has 1 heterocycles. The summed E-state index contributed by atoms with van der Waals surface area (Å²) in [6, 6.07) is 14.6. The zero-order valence-electron chi connectivity index (χ0n) is 15.4. The first kappa shape index (κ1) is 19.1. The summed E-state index contributed by atoms with van der Waals surface area (Å²) in [5, 5.41) is 8.16. The van der Waals surface area contributed by atoms with E-state index in [1.54, 1.807) is 18.2 Å². The molecule has 0 unspecified atom stereocenters. The number of hydrogen-bond acceptors (Lipinski definition) is 6. The highest BCUT2D eigenvalue weighted by atomic mass is 32.2. The van der Waals surface area contributed by atoms with E-state index in [2.05, 4.69) is 25.3 Å². The van der Waals surface area contributed by atoms with Crippen molar-refractivity contribution in [3.8, 4) is 0 Å².